The van der Waals surface area contributed by atoms with Gasteiger partial charge in [-0.25, -0.2) is 0 Å². The summed E-state index contributed by atoms with van der Waals surface area (Å²) in [5, 5.41) is 6.75. The van der Waals surface area contributed by atoms with E-state index in [4.69, 9.17) is 15.9 Å². The molecule has 0 aliphatic rings. The fraction of sp³-hybridized carbons (Fsp3) is 0.400. The molecule has 0 fully saturated rings. The van der Waals surface area contributed by atoms with Gasteiger partial charge in [0, 0.05) is 6.08 Å². The van der Waals surface area contributed by atoms with E-state index < -0.39 is 0 Å². The van der Waals surface area contributed by atoms with Crippen molar-refractivity contribution in [2.75, 3.05) is 7.11 Å². The smallest absolute Gasteiger partial charge is 0.118 e. The third-order valence-corrected chi connectivity index (χ3v) is 0.681. The van der Waals surface area contributed by atoms with E-state index in [1.165, 1.54) is 13.2 Å². The molecule has 0 saturated carbocycles. The fourth-order valence-corrected chi connectivity index (χ4v) is 0.278. The SMILES string of the molecule is CO/C(C)=C/C(=N)N. The highest BCUT2D eigenvalue weighted by Crippen LogP contribution is 1.88. The second-order valence-electron chi connectivity index (χ2n) is 1.41. The van der Waals surface area contributed by atoms with Gasteiger partial charge in [-0.05, 0) is 6.92 Å². The highest BCUT2D eigenvalue weighted by atomic mass is 16.5. The first-order chi connectivity index (χ1) is 3.66. The molecular weight excluding hydrogens is 104 g/mol. The van der Waals surface area contributed by atoms with Crippen molar-refractivity contribution >= 4 is 5.84 Å². The zero-order valence-corrected chi connectivity index (χ0v) is 5.06. The van der Waals surface area contributed by atoms with Crippen LogP contribution in [0, 0.1) is 5.41 Å². The number of methoxy groups -OCH3 is 1. The van der Waals surface area contributed by atoms with Crippen LogP contribution in [-0.4, -0.2) is 12.9 Å². The van der Waals surface area contributed by atoms with Crippen LogP contribution in [0.15, 0.2) is 11.8 Å². The quantitative estimate of drug-likeness (QED) is 0.311. The zero-order valence-electron chi connectivity index (χ0n) is 5.06. The van der Waals surface area contributed by atoms with Crippen LogP contribution in [0.2, 0.25) is 0 Å². The van der Waals surface area contributed by atoms with Gasteiger partial charge in [0.1, 0.15) is 5.84 Å². The number of ether oxygens (including phenoxy) is 1. The molecule has 0 rings (SSSR count). The summed E-state index contributed by atoms with van der Waals surface area (Å²) in [5.41, 5.74) is 5.00. The molecule has 3 N–H and O–H groups in total. The minimum atomic E-state index is 0.0179. The lowest BCUT2D eigenvalue weighted by Crippen LogP contribution is -2.05. The third-order valence-electron chi connectivity index (χ3n) is 0.681. The van der Waals surface area contributed by atoms with Crippen LogP contribution in [0.4, 0.5) is 0 Å². The van der Waals surface area contributed by atoms with Crippen molar-refractivity contribution in [1.29, 1.82) is 5.41 Å². The second-order valence-corrected chi connectivity index (χ2v) is 1.41. The Kier molecular flexibility index (Phi) is 2.69. The highest BCUT2D eigenvalue weighted by Gasteiger charge is 1.83. The molecule has 0 amide bonds. The number of amidine groups is 1. The number of hydrogen-bond donors (Lipinski definition) is 2. The minimum Gasteiger partial charge on any atom is -0.501 e. The molecule has 0 aromatic carbocycles. The molecule has 0 aliphatic heterocycles. The molecule has 0 heterocycles. The number of nitrogens with one attached hydrogen (secondary N) is 1. The van der Waals surface area contributed by atoms with Crippen molar-refractivity contribution in [3.63, 3.8) is 0 Å². The van der Waals surface area contributed by atoms with Gasteiger partial charge in [-0.3, -0.25) is 5.41 Å². The average molecular weight is 114 g/mol. The van der Waals surface area contributed by atoms with Crippen molar-refractivity contribution in [3.8, 4) is 0 Å². The summed E-state index contributed by atoms with van der Waals surface area (Å²) in [6.07, 6.45) is 1.44. The third kappa shape index (κ3) is 3.21. The van der Waals surface area contributed by atoms with Gasteiger partial charge in [0.25, 0.3) is 0 Å². The van der Waals surface area contributed by atoms with E-state index in [0.717, 1.165) is 0 Å². The summed E-state index contributed by atoms with van der Waals surface area (Å²) >= 11 is 0. The zero-order chi connectivity index (χ0) is 6.57. The normalized spacial score (nSPS) is 11.0. The van der Waals surface area contributed by atoms with Crippen molar-refractivity contribution in [2.45, 2.75) is 6.92 Å². The van der Waals surface area contributed by atoms with Crippen molar-refractivity contribution in [1.82, 2.24) is 0 Å². The molecule has 3 nitrogen and oxygen atoms in total. The van der Waals surface area contributed by atoms with Crippen LogP contribution in [0.3, 0.4) is 0 Å². The maximum absolute atomic E-state index is 6.75. The fourth-order valence-electron chi connectivity index (χ4n) is 0.278. The first-order valence-electron chi connectivity index (χ1n) is 2.23. The maximum Gasteiger partial charge on any atom is 0.118 e. The molecule has 3 heteroatoms. The number of nitrogens with two attached hydrogens (primary N) is 1. The molecule has 0 spiro atoms. The Labute approximate surface area is 48.6 Å². The lowest BCUT2D eigenvalue weighted by atomic mass is 10.4. The molecule has 0 aromatic rings. The number of rotatable bonds is 2. The van der Waals surface area contributed by atoms with Gasteiger partial charge in [-0.2, -0.15) is 0 Å². The molecule has 0 aromatic heterocycles. The molecule has 46 valence electrons. The van der Waals surface area contributed by atoms with Gasteiger partial charge >= 0.3 is 0 Å². The van der Waals surface area contributed by atoms with Gasteiger partial charge in [-0.15, -0.1) is 0 Å². The van der Waals surface area contributed by atoms with Crippen LogP contribution in [0.25, 0.3) is 0 Å². The van der Waals surface area contributed by atoms with E-state index >= 15 is 0 Å². The monoisotopic (exact) mass is 114 g/mol. The van der Waals surface area contributed by atoms with Crippen LogP contribution in [0.1, 0.15) is 6.92 Å². The topological polar surface area (TPSA) is 59.1 Å². The Morgan fingerprint density at radius 1 is 1.75 bits per heavy atom. The first kappa shape index (κ1) is 7.01. The molecule has 8 heavy (non-hydrogen) atoms. The summed E-state index contributed by atoms with van der Waals surface area (Å²) in [5.74, 6) is 0.668. The Hall–Kier alpha value is -0.990. The lowest BCUT2D eigenvalue weighted by molar-refractivity contribution is 0.294. The summed E-state index contributed by atoms with van der Waals surface area (Å²) in [7, 11) is 1.54. The number of allylic oxidation sites excluding steroid dienone is 1. The second kappa shape index (κ2) is 3.07. The van der Waals surface area contributed by atoms with E-state index in [1.54, 1.807) is 6.92 Å². The molecule has 0 bridgehead atoms. The first-order valence-corrected chi connectivity index (χ1v) is 2.23. The van der Waals surface area contributed by atoms with E-state index in [2.05, 4.69) is 0 Å². The highest BCUT2D eigenvalue weighted by molar-refractivity contribution is 5.88. The van der Waals surface area contributed by atoms with Crippen LogP contribution >= 0.6 is 0 Å². The van der Waals surface area contributed by atoms with Gasteiger partial charge in [0.15, 0.2) is 0 Å². The summed E-state index contributed by atoms with van der Waals surface area (Å²) in [4.78, 5) is 0. The molecule has 0 aliphatic carbocycles. The molecule has 0 atom stereocenters. The Balaban J connectivity index is 3.75. The Bertz CT molecular complexity index is 118. The van der Waals surface area contributed by atoms with E-state index in [-0.39, 0.29) is 5.84 Å². The predicted octanol–water partition coefficient (Wildman–Crippen LogP) is 0.473. The standard InChI is InChI=1S/C5H10N2O/c1-4(8-2)3-5(6)7/h3H,1-2H3,(H3,6,7)/b4-3+. The van der Waals surface area contributed by atoms with Gasteiger partial charge in [-0.1, -0.05) is 0 Å². The maximum atomic E-state index is 6.75. The van der Waals surface area contributed by atoms with Gasteiger partial charge < -0.3 is 10.5 Å². The predicted molar refractivity (Wildman–Crippen MR) is 32.7 cm³/mol. The van der Waals surface area contributed by atoms with E-state index in [9.17, 15) is 0 Å². The molecule has 0 unspecified atom stereocenters. The largest absolute Gasteiger partial charge is 0.501 e. The minimum absolute atomic E-state index is 0.0179. The van der Waals surface area contributed by atoms with Crippen molar-refractivity contribution in [3.05, 3.63) is 11.8 Å². The number of hydrogen-bond acceptors (Lipinski definition) is 2. The summed E-state index contributed by atoms with van der Waals surface area (Å²) in [6.45, 7) is 1.74. The Morgan fingerprint density at radius 3 is 2.38 bits per heavy atom. The summed E-state index contributed by atoms with van der Waals surface area (Å²) < 4.78 is 4.70. The average Bonchev–Trinajstić information content (AvgIpc) is 1.65. The van der Waals surface area contributed by atoms with Crippen LogP contribution in [-0.2, 0) is 4.74 Å². The van der Waals surface area contributed by atoms with Crippen molar-refractivity contribution in [2.24, 2.45) is 5.73 Å². The Morgan fingerprint density at radius 2 is 2.25 bits per heavy atom. The van der Waals surface area contributed by atoms with Gasteiger partial charge in [0.2, 0.25) is 0 Å². The molecule has 0 saturated heterocycles. The van der Waals surface area contributed by atoms with Gasteiger partial charge in [0.05, 0.1) is 12.9 Å². The molecule has 0 radical (unpaired) electrons. The van der Waals surface area contributed by atoms with Crippen LogP contribution < -0.4 is 5.73 Å². The summed E-state index contributed by atoms with van der Waals surface area (Å²) in [6, 6.07) is 0. The lowest BCUT2D eigenvalue weighted by Gasteiger charge is -1.94. The molecular formula is C5H10N2O. The van der Waals surface area contributed by atoms with Crippen LogP contribution in [0.5, 0.6) is 0 Å². The van der Waals surface area contributed by atoms with E-state index in [1.807, 2.05) is 0 Å². The van der Waals surface area contributed by atoms with Crippen molar-refractivity contribution < 1.29 is 4.74 Å². The van der Waals surface area contributed by atoms with E-state index in [0.29, 0.717) is 5.76 Å².